The number of nitrogens with one attached hydrogen (secondary N) is 2. The van der Waals surface area contributed by atoms with Gasteiger partial charge in [0.15, 0.2) is 0 Å². The molecular weight excluding hydrogens is 302 g/mol. The lowest BCUT2D eigenvalue weighted by Gasteiger charge is -2.31. The van der Waals surface area contributed by atoms with Crippen LogP contribution in [-0.2, 0) is 4.79 Å². The van der Waals surface area contributed by atoms with E-state index in [-0.39, 0.29) is 17.9 Å². The predicted octanol–water partition coefficient (Wildman–Crippen LogP) is 3.33. The van der Waals surface area contributed by atoms with Crippen molar-refractivity contribution in [3.8, 4) is 0 Å². The van der Waals surface area contributed by atoms with Gasteiger partial charge in [0.05, 0.1) is 0 Å². The first kappa shape index (κ1) is 16.8. The molecule has 1 heterocycles. The van der Waals surface area contributed by atoms with Gasteiger partial charge < -0.3 is 15.5 Å². The number of amides is 3. The van der Waals surface area contributed by atoms with Gasteiger partial charge in [-0.3, -0.25) is 4.79 Å². The number of hydrogen-bond donors (Lipinski definition) is 2. The highest BCUT2D eigenvalue weighted by Gasteiger charge is 2.30. The number of nitrogens with zero attached hydrogens (tertiary/aromatic N) is 1. The van der Waals surface area contributed by atoms with Crippen LogP contribution in [0.15, 0.2) is 24.3 Å². The van der Waals surface area contributed by atoms with Crippen LogP contribution in [0, 0.1) is 5.92 Å². The molecule has 24 heavy (non-hydrogen) atoms. The number of carbonyl (C=O) groups is 2. The molecule has 5 heteroatoms. The Balaban J connectivity index is 1.46. The molecule has 2 aliphatic rings. The third-order valence-electron chi connectivity index (χ3n) is 4.90. The molecule has 2 fully saturated rings. The smallest absolute Gasteiger partial charge is 0.317 e. The zero-order valence-electron chi connectivity index (χ0n) is 14.5. The highest BCUT2D eigenvalue weighted by Crippen LogP contribution is 2.23. The minimum absolute atomic E-state index is 0.0141. The summed E-state index contributed by atoms with van der Waals surface area (Å²) in [5.41, 5.74) is 2.11. The van der Waals surface area contributed by atoms with Crippen molar-refractivity contribution >= 4 is 17.6 Å². The van der Waals surface area contributed by atoms with Gasteiger partial charge in [-0.15, -0.1) is 0 Å². The van der Waals surface area contributed by atoms with E-state index >= 15 is 0 Å². The minimum Gasteiger partial charge on any atom is -0.335 e. The molecule has 1 saturated carbocycles. The van der Waals surface area contributed by atoms with Gasteiger partial charge in [0.25, 0.3) is 0 Å². The molecule has 1 aromatic carbocycles. The molecule has 3 amide bonds. The lowest BCUT2D eigenvalue weighted by Crippen LogP contribution is -2.46. The zero-order chi connectivity index (χ0) is 17.1. The van der Waals surface area contributed by atoms with Crippen molar-refractivity contribution in [1.82, 2.24) is 10.2 Å². The largest absolute Gasteiger partial charge is 0.335 e. The van der Waals surface area contributed by atoms with Crippen LogP contribution in [0.1, 0.15) is 51.0 Å². The topological polar surface area (TPSA) is 61.4 Å². The fraction of sp³-hybridized carbons (Fsp3) is 0.579. The molecule has 1 aliphatic carbocycles. The van der Waals surface area contributed by atoms with Gasteiger partial charge in [0.2, 0.25) is 5.91 Å². The van der Waals surface area contributed by atoms with Gasteiger partial charge in [-0.1, -0.05) is 26.0 Å². The van der Waals surface area contributed by atoms with Crippen molar-refractivity contribution in [2.24, 2.45) is 5.92 Å². The van der Waals surface area contributed by atoms with E-state index in [1.165, 1.54) is 5.56 Å². The third-order valence-corrected chi connectivity index (χ3v) is 4.90. The standard InChI is InChI=1S/C19H27N3O2/c1-13(2)14-3-5-16(6-4-14)20-18(23)15-9-11-22(12-10-15)19(24)21-17-7-8-17/h3-6,13,15,17H,7-12H2,1-2H3,(H,20,23)(H,21,24). The predicted molar refractivity (Wildman–Crippen MR) is 95.0 cm³/mol. The first-order valence-corrected chi connectivity index (χ1v) is 8.99. The van der Waals surface area contributed by atoms with Crippen molar-refractivity contribution in [1.29, 1.82) is 0 Å². The Hall–Kier alpha value is -2.04. The molecule has 1 saturated heterocycles. The molecule has 0 unspecified atom stereocenters. The summed E-state index contributed by atoms with van der Waals surface area (Å²) >= 11 is 0. The van der Waals surface area contributed by atoms with Crippen LogP contribution in [0.2, 0.25) is 0 Å². The fourth-order valence-corrected chi connectivity index (χ4v) is 3.03. The van der Waals surface area contributed by atoms with E-state index < -0.39 is 0 Å². The molecule has 130 valence electrons. The van der Waals surface area contributed by atoms with Crippen LogP contribution in [0.3, 0.4) is 0 Å². The summed E-state index contributed by atoms with van der Waals surface area (Å²) < 4.78 is 0. The van der Waals surface area contributed by atoms with Gasteiger partial charge in [-0.05, 0) is 49.3 Å². The van der Waals surface area contributed by atoms with Gasteiger partial charge in [-0.2, -0.15) is 0 Å². The number of piperidine rings is 1. The maximum atomic E-state index is 12.4. The van der Waals surface area contributed by atoms with E-state index in [9.17, 15) is 9.59 Å². The van der Waals surface area contributed by atoms with Crippen LogP contribution in [0.25, 0.3) is 0 Å². The Morgan fingerprint density at radius 1 is 1.04 bits per heavy atom. The van der Waals surface area contributed by atoms with Gasteiger partial charge in [0, 0.05) is 30.7 Å². The molecule has 1 aromatic rings. The Kier molecular flexibility index (Phi) is 5.07. The minimum atomic E-state index is -0.0141. The first-order valence-electron chi connectivity index (χ1n) is 8.99. The normalized spacial score (nSPS) is 18.5. The Morgan fingerprint density at radius 2 is 1.67 bits per heavy atom. The van der Waals surface area contributed by atoms with E-state index in [2.05, 4.69) is 36.6 Å². The maximum absolute atomic E-state index is 12.4. The van der Waals surface area contributed by atoms with Crippen molar-refractivity contribution in [3.63, 3.8) is 0 Å². The molecule has 0 aromatic heterocycles. The van der Waals surface area contributed by atoms with E-state index in [1.807, 2.05) is 17.0 Å². The summed E-state index contributed by atoms with van der Waals surface area (Å²) in [6.07, 6.45) is 3.66. The number of carbonyl (C=O) groups excluding carboxylic acids is 2. The third kappa shape index (κ3) is 4.28. The summed E-state index contributed by atoms with van der Waals surface area (Å²) in [5, 5.41) is 6.01. The highest BCUT2D eigenvalue weighted by atomic mass is 16.2. The van der Waals surface area contributed by atoms with Crippen molar-refractivity contribution < 1.29 is 9.59 Å². The molecule has 1 aliphatic heterocycles. The monoisotopic (exact) mass is 329 g/mol. The molecule has 3 rings (SSSR count). The van der Waals surface area contributed by atoms with E-state index in [0.29, 0.717) is 25.0 Å². The fourth-order valence-electron chi connectivity index (χ4n) is 3.03. The molecule has 0 radical (unpaired) electrons. The molecule has 2 N–H and O–H groups in total. The van der Waals surface area contributed by atoms with Crippen molar-refractivity contribution in [2.75, 3.05) is 18.4 Å². The number of likely N-dealkylation sites (tertiary alicyclic amines) is 1. The average Bonchev–Trinajstić information content (AvgIpc) is 3.39. The Labute approximate surface area is 143 Å². The summed E-state index contributed by atoms with van der Waals surface area (Å²) in [6.45, 7) is 5.62. The lowest BCUT2D eigenvalue weighted by atomic mass is 9.96. The van der Waals surface area contributed by atoms with Crippen LogP contribution in [0.5, 0.6) is 0 Å². The summed E-state index contributed by atoms with van der Waals surface area (Å²) in [7, 11) is 0. The summed E-state index contributed by atoms with van der Waals surface area (Å²) in [5.74, 6) is 0.537. The van der Waals surface area contributed by atoms with Crippen LogP contribution < -0.4 is 10.6 Å². The van der Waals surface area contributed by atoms with Crippen LogP contribution in [0.4, 0.5) is 10.5 Å². The second kappa shape index (κ2) is 7.24. The highest BCUT2D eigenvalue weighted by molar-refractivity contribution is 5.92. The van der Waals surface area contributed by atoms with E-state index in [1.54, 1.807) is 0 Å². The maximum Gasteiger partial charge on any atom is 0.317 e. The molecule has 0 bridgehead atoms. The quantitative estimate of drug-likeness (QED) is 0.890. The number of benzene rings is 1. The average molecular weight is 329 g/mol. The number of rotatable bonds is 4. The van der Waals surface area contributed by atoms with Crippen LogP contribution in [-0.4, -0.2) is 36.0 Å². The first-order chi connectivity index (χ1) is 11.5. The van der Waals surface area contributed by atoms with Crippen LogP contribution >= 0.6 is 0 Å². The summed E-state index contributed by atoms with van der Waals surface area (Å²) in [4.78, 5) is 26.3. The molecule has 5 nitrogen and oxygen atoms in total. The van der Waals surface area contributed by atoms with Crippen molar-refractivity contribution in [2.45, 2.75) is 51.5 Å². The second-order valence-electron chi connectivity index (χ2n) is 7.25. The number of anilines is 1. The SMILES string of the molecule is CC(C)c1ccc(NC(=O)C2CCN(C(=O)NC3CC3)CC2)cc1. The van der Waals surface area contributed by atoms with Crippen molar-refractivity contribution in [3.05, 3.63) is 29.8 Å². The van der Waals surface area contributed by atoms with E-state index in [4.69, 9.17) is 0 Å². The summed E-state index contributed by atoms with van der Waals surface area (Å²) in [6, 6.07) is 8.46. The Bertz CT molecular complexity index is 585. The molecular formula is C19H27N3O2. The zero-order valence-corrected chi connectivity index (χ0v) is 14.5. The van der Waals surface area contributed by atoms with Gasteiger partial charge in [0.1, 0.15) is 0 Å². The number of hydrogen-bond acceptors (Lipinski definition) is 2. The Morgan fingerprint density at radius 3 is 2.21 bits per heavy atom. The van der Waals surface area contributed by atoms with Gasteiger partial charge >= 0.3 is 6.03 Å². The van der Waals surface area contributed by atoms with Gasteiger partial charge in [-0.25, -0.2) is 4.79 Å². The molecule has 0 atom stereocenters. The second-order valence-corrected chi connectivity index (χ2v) is 7.25. The molecule has 0 spiro atoms. The van der Waals surface area contributed by atoms with E-state index in [0.717, 1.165) is 31.4 Å². The number of urea groups is 1. The lowest BCUT2D eigenvalue weighted by molar-refractivity contribution is -0.121.